The fourth-order valence-corrected chi connectivity index (χ4v) is 1.68. The minimum Gasteiger partial charge on any atom is -0.383 e. The molecular formula is C13H13F2N3. The average molecular weight is 249 g/mol. The van der Waals surface area contributed by atoms with E-state index in [9.17, 15) is 8.78 Å². The summed E-state index contributed by atoms with van der Waals surface area (Å²) < 4.78 is 26.9. The third-order valence-corrected chi connectivity index (χ3v) is 2.73. The van der Waals surface area contributed by atoms with Gasteiger partial charge in [-0.15, -0.1) is 0 Å². The van der Waals surface area contributed by atoms with Crippen LogP contribution in [0.2, 0.25) is 0 Å². The van der Waals surface area contributed by atoms with Crippen molar-refractivity contribution in [3.05, 3.63) is 41.2 Å². The van der Waals surface area contributed by atoms with Crippen LogP contribution in [0.15, 0.2) is 18.2 Å². The van der Waals surface area contributed by atoms with Gasteiger partial charge in [0.15, 0.2) is 0 Å². The van der Waals surface area contributed by atoms with Crippen LogP contribution in [0.1, 0.15) is 18.3 Å². The Hall–Kier alpha value is -2.04. The number of nitrogens with two attached hydrogens (primary N) is 1. The number of aromatic nitrogens is 2. The zero-order valence-electron chi connectivity index (χ0n) is 10.2. The predicted octanol–water partition coefficient (Wildman–Crippen LogP) is 2.87. The molecule has 1 heterocycles. The van der Waals surface area contributed by atoms with Gasteiger partial charge in [0.1, 0.15) is 23.3 Å². The Labute approximate surface area is 104 Å². The van der Waals surface area contributed by atoms with Gasteiger partial charge < -0.3 is 5.73 Å². The quantitative estimate of drug-likeness (QED) is 0.890. The van der Waals surface area contributed by atoms with Crippen LogP contribution < -0.4 is 5.73 Å². The maximum absolute atomic E-state index is 13.7. The lowest BCUT2D eigenvalue weighted by atomic mass is 10.1. The molecule has 0 unspecified atom stereocenters. The summed E-state index contributed by atoms with van der Waals surface area (Å²) in [7, 11) is 0. The maximum Gasteiger partial charge on any atom is 0.132 e. The zero-order chi connectivity index (χ0) is 13.3. The van der Waals surface area contributed by atoms with E-state index < -0.39 is 11.6 Å². The second-order valence-corrected chi connectivity index (χ2v) is 3.98. The molecule has 94 valence electrons. The molecular weight excluding hydrogens is 236 g/mol. The third kappa shape index (κ3) is 2.16. The molecule has 0 saturated carbocycles. The molecule has 0 fully saturated rings. The Morgan fingerprint density at radius 2 is 1.94 bits per heavy atom. The van der Waals surface area contributed by atoms with Crippen LogP contribution in [-0.2, 0) is 6.42 Å². The number of hydrogen-bond donors (Lipinski definition) is 1. The molecule has 0 bridgehead atoms. The SMILES string of the molecule is CCc1nc(N)c(C)c(-c2cc(F)ccc2F)n1. The van der Waals surface area contributed by atoms with Crippen LogP contribution in [-0.4, -0.2) is 9.97 Å². The van der Waals surface area contributed by atoms with Crippen LogP contribution >= 0.6 is 0 Å². The van der Waals surface area contributed by atoms with Gasteiger partial charge in [-0.25, -0.2) is 18.7 Å². The van der Waals surface area contributed by atoms with Crippen LogP contribution in [0.4, 0.5) is 14.6 Å². The van der Waals surface area contributed by atoms with Gasteiger partial charge in [0.2, 0.25) is 0 Å². The van der Waals surface area contributed by atoms with Crippen molar-refractivity contribution in [1.29, 1.82) is 0 Å². The van der Waals surface area contributed by atoms with Crippen molar-refractivity contribution >= 4 is 5.82 Å². The number of benzene rings is 1. The van der Waals surface area contributed by atoms with E-state index in [-0.39, 0.29) is 5.56 Å². The lowest BCUT2D eigenvalue weighted by molar-refractivity contribution is 0.602. The zero-order valence-corrected chi connectivity index (χ0v) is 10.2. The third-order valence-electron chi connectivity index (χ3n) is 2.73. The van der Waals surface area contributed by atoms with E-state index in [1.165, 1.54) is 0 Å². The van der Waals surface area contributed by atoms with E-state index in [0.717, 1.165) is 18.2 Å². The van der Waals surface area contributed by atoms with E-state index >= 15 is 0 Å². The molecule has 0 aliphatic rings. The van der Waals surface area contributed by atoms with Gasteiger partial charge in [0.25, 0.3) is 0 Å². The molecule has 1 aromatic heterocycles. The predicted molar refractivity (Wildman–Crippen MR) is 65.9 cm³/mol. The van der Waals surface area contributed by atoms with Gasteiger partial charge in [-0.1, -0.05) is 6.92 Å². The second-order valence-electron chi connectivity index (χ2n) is 3.98. The number of nitrogen functional groups attached to an aromatic ring is 1. The summed E-state index contributed by atoms with van der Waals surface area (Å²) in [5.41, 5.74) is 6.76. The Kier molecular flexibility index (Phi) is 3.23. The van der Waals surface area contributed by atoms with E-state index in [4.69, 9.17) is 5.73 Å². The highest BCUT2D eigenvalue weighted by Crippen LogP contribution is 2.27. The summed E-state index contributed by atoms with van der Waals surface area (Å²) in [5, 5.41) is 0. The number of rotatable bonds is 2. The lowest BCUT2D eigenvalue weighted by Gasteiger charge is -2.10. The molecule has 0 radical (unpaired) electrons. The highest BCUT2D eigenvalue weighted by Gasteiger charge is 2.14. The number of aryl methyl sites for hydroxylation is 1. The number of halogens is 2. The summed E-state index contributed by atoms with van der Waals surface area (Å²) in [5.74, 6) is -0.238. The summed E-state index contributed by atoms with van der Waals surface area (Å²) in [6.45, 7) is 3.56. The van der Waals surface area contributed by atoms with Gasteiger partial charge in [-0.2, -0.15) is 0 Å². The van der Waals surface area contributed by atoms with Gasteiger partial charge >= 0.3 is 0 Å². The first kappa shape index (κ1) is 12.4. The van der Waals surface area contributed by atoms with Crippen molar-refractivity contribution < 1.29 is 8.78 Å². The highest BCUT2D eigenvalue weighted by molar-refractivity contribution is 5.67. The lowest BCUT2D eigenvalue weighted by Crippen LogP contribution is -2.05. The van der Waals surface area contributed by atoms with Gasteiger partial charge in [-0.05, 0) is 25.1 Å². The molecule has 0 atom stereocenters. The summed E-state index contributed by atoms with van der Waals surface area (Å²) in [6, 6.07) is 3.26. The largest absolute Gasteiger partial charge is 0.383 e. The van der Waals surface area contributed by atoms with Gasteiger partial charge in [-0.3, -0.25) is 0 Å². The first-order valence-corrected chi connectivity index (χ1v) is 5.61. The van der Waals surface area contributed by atoms with Crippen molar-refractivity contribution in [3.63, 3.8) is 0 Å². The molecule has 0 amide bonds. The van der Waals surface area contributed by atoms with Crippen molar-refractivity contribution in [2.24, 2.45) is 0 Å². The molecule has 0 spiro atoms. The van der Waals surface area contributed by atoms with Crippen molar-refractivity contribution in [1.82, 2.24) is 9.97 Å². The van der Waals surface area contributed by atoms with Gasteiger partial charge in [0, 0.05) is 17.5 Å². The van der Waals surface area contributed by atoms with E-state index in [1.807, 2.05) is 6.92 Å². The normalized spacial score (nSPS) is 10.7. The first-order valence-electron chi connectivity index (χ1n) is 5.61. The minimum absolute atomic E-state index is 0.108. The maximum atomic E-state index is 13.7. The van der Waals surface area contributed by atoms with E-state index in [2.05, 4.69) is 9.97 Å². The van der Waals surface area contributed by atoms with Crippen molar-refractivity contribution in [3.8, 4) is 11.3 Å². The van der Waals surface area contributed by atoms with Crippen LogP contribution in [0.3, 0.4) is 0 Å². The topological polar surface area (TPSA) is 51.8 Å². The summed E-state index contributed by atoms with van der Waals surface area (Å²) in [6.07, 6.45) is 0.578. The van der Waals surface area contributed by atoms with Crippen LogP contribution in [0.5, 0.6) is 0 Å². The highest BCUT2D eigenvalue weighted by atomic mass is 19.1. The average Bonchev–Trinajstić information content (AvgIpc) is 2.35. The second kappa shape index (κ2) is 4.68. The number of hydrogen-bond acceptors (Lipinski definition) is 3. The molecule has 18 heavy (non-hydrogen) atoms. The van der Waals surface area contributed by atoms with E-state index in [1.54, 1.807) is 6.92 Å². The fourth-order valence-electron chi connectivity index (χ4n) is 1.68. The van der Waals surface area contributed by atoms with Crippen molar-refractivity contribution in [2.75, 3.05) is 5.73 Å². The number of anilines is 1. The first-order chi connectivity index (χ1) is 8.52. The molecule has 0 saturated heterocycles. The standard InChI is InChI=1S/C13H13F2N3/c1-3-11-17-12(7(2)13(16)18-11)9-6-8(14)4-5-10(9)15/h4-6H,3H2,1-2H3,(H2,16,17,18). The van der Waals surface area contributed by atoms with Gasteiger partial charge in [0.05, 0.1) is 5.69 Å². The smallest absolute Gasteiger partial charge is 0.132 e. The molecule has 5 heteroatoms. The number of nitrogens with zero attached hydrogens (tertiary/aromatic N) is 2. The van der Waals surface area contributed by atoms with Crippen LogP contribution in [0.25, 0.3) is 11.3 Å². The fraction of sp³-hybridized carbons (Fsp3) is 0.231. The molecule has 0 aliphatic heterocycles. The summed E-state index contributed by atoms with van der Waals surface area (Å²) >= 11 is 0. The van der Waals surface area contributed by atoms with E-state index in [0.29, 0.717) is 29.3 Å². The Bertz CT molecular complexity index is 597. The monoisotopic (exact) mass is 249 g/mol. The minimum atomic E-state index is -0.528. The Balaban J connectivity index is 2.69. The molecule has 2 rings (SSSR count). The molecule has 3 nitrogen and oxygen atoms in total. The Morgan fingerprint density at radius 1 is 1.22 bits per heavy atom. The van der Waals surface area contributed by atoms with Crippen LogP contribution in [0, 0.1) is 18.6 Å². The Morgan fingerprint density at radius 3 is 2.61 bits per heavy atom. The molecule has 0 aliphatic carbocycles. The summed E-state index contributed by atoms with van der Waals surface area (Å²) in [4.78, 5) is 8.31. The molecule has 2 N–H and O–H groups in total. The molecule has 1 aromatic carbocycles. The molecule has 2 aromatic rings. The van der Waals surface area contributed by atoms with Crippen molar-refractivity contribution in [2.45, 2.75) is 20.3 Å².